The number of aromatic nitrogens is 1. The van der Waals surface area contributed by atoms with Crippen LogP contribution in [0.1, 0.15) is 22.8 Å². The normalized spacial score (nSPS) is 15.1. The first-order valence-electron chi connectivity index (χ1n) is 9.99. The number of ether oxygens (including phenoxy) is 1. The van der Waals surface area contributed by atoms with E-state index in [1.54, 1.807) is 0 Å². The molecule has 3 aromatic rings. The lowest BCUT2D eigenvalue weighted by atomic mass is 10.2. The Kier molecular flexibility index (Phi) is 6.96. The zero-order valence-corrected chi connectivity index (χ0v) is 17.2. The van der Waals surface area contributed by atoms with Gasteiger partial charge < -0.3 is 9.15 Å². The molecule has 0 bridgehead atoms. The first-order chi connectivity index (χ1) is 14.3. The molecule has 0 unspecified atom stereocenters. The Labute approximate surface area is 176 Å². The van der Waals surface area contributed by atoms with Crippen molar-refractivity contribution in [2.24, 2.45) is 0 Å². The van der Waals surface area contributed by atoms with Gasteiger partial charge in [0, 0.05) is 37.4 Å². The number of halogens is 1. The summed E-state index contributed by atoms with van der Waals surface area (Å²) < 4.78 is 11.6. The van der Waals surface area contributed by atoms with Gasteiger partial charge in [-0.2, -0.15) is 0 Å². The van der Waals surface area contributed by atoms with E-state index in [-0.39, 0.29) is 0 Å². The number of hydrogen-bond acceptors (Lipinski definition) is 5. The lowest BCUT2D eigenvalue weighted by Crippen LogP contribution is -2.35. The average Bonchev–Trinajstić information content (AvgIpc) is 3.18. The van der Waals surface area contributed by atoms with Crippen molar-refractivity contribution in [1.82, 2.24) is 14.8 Å². The summed E-state index contributed by atoms with van der Waals surface area (Å²) in [5.74, 6) is 1.95. The lowest BCUT2D eigenvalue weighted by molar-refractivity contribution is 0.0310. The first-order valence-corrected chi connectivity index (χ1v) is 10.4. The second kappa shape index (κ2) is 10.0. The van der Waals surface area contributed by atoms with Crippen molar-refractivity contribution in [2.45, 2.75) is 26.2 Å². The van der Waals surface area contributed by atoms with E-state index < -0.39 is 0 Å². The van der Waals surface area contributed by atoms with E-state index in [0.717, 1.165) is 73.7 Å². The fourth-order valence-electron chi connectivity index (χ4n) is 3.55. The molecule has 29 heavy (non-hydrogen) atoms. The Morgan fingerprint density at radius 1 is 0.897 bits per heavy atom. The summed E-state index contributed by atoms with van der Waals surface area (Å²) in [6.45, 7) is 6.48. The van der Waals surface area contributed by atoms with Gasteiger partial charge in [-0.05, 0) is 35.9 Å². The Morgan fingerprint density at radius 2 is 1.69 bits per heavy atom. The van der Waals surface area contributed by atoms with E-state index in [9.17, 15) is 0 Å². The lowest BCUT2D eigenvalue weighted by Gasteiger charge is -2.25. The Hall–Kier alpha value is -2.18. The van der Waals surface area contributed by atoms with Gasteiger partial charge >= 0.3 is 0 Å². The minimum absolute atomic E-state index is 0.699. The molecule has 1 saturated heterocycles. The second-order valence-electron chi connectivity index (χ2n) is 7.31. The van der Waals surface area contributed by atoms with Gasteiger partial charge in [0.05, 0.1) is 32.0 Å². The largest absolute Gasteiger partial charge is 0.463 e. The second-order valence-corrected chi connectivity index (χ2v) is 7.72. The quantitative estimate of drug-likeness (QED) is 0.550. The molecule has 1 fully saturated rings. The third-order valence-electron chi connectivity index (χ3n) is 5.04. The molecule has 1 aliphatic rings. The highest BCUT2D eigenvalue weighted by atomic mass is 35.5. The maximum absolute atomic E-state index is 6.41. The smallest absolute Gasteiger partial charge is 0.118 e. The zero-order chi connectivity index (χ0) is 19.9. The third kappa shape index (κ3) is 5.90. The van der Waals surface area contributed by atoms with Crippen LogP contribution in [0.25, 0.3) is 0 Å². The van der Waals surface area contributed by atoms with Gasteiger partial charge in [-0.1, -0.05) is 35.9 Å². The van der Waals surface area contributed by atoms with E-state index >= 15 is 0 Å². The predicted octanol–water partition coefficient (Wildman–Crippen LogP) is 4.36. The third-order valence-corrected chi connectivity index (χ3v) is 5.41. The Balaban J connectivity index is 1.45. The molecule has 2 aromatic heterocycles. The summed E-state index contributed by atoms with van der Waals surface area (Å²) in [6, 6.07) is 18.1. The molecule has 0 N–H and O–H groups in total. The van der Waals surface area contributed by atoms with Crippen LogP contribution in [-0.4, -0.2) is 41.1 Å². The molecular formula is C23H26ClN3O2. The summed E-state index contributed by atoms with van der Waals surface area (Å²) >= 11 is 6.41. The molecule has 0 radical (unpaired) electrons. The van der Waals surface area contributed by atoms with Crippen molar-refractivity contribution in [2.75, 3.05) is 26.3 Å². The van der Waals surface area contributed by atoms with E-state index in [0.29, 0.717) is 6.54 Å². The van der Waals surface area contributed by atoms with Crippen molar-refractivity contribution in [3.63, 3.8) is 0 Å². The highest BCUT2D eigenvalue weighted by molar-refractivity contribution is 6.31. The fourth-order valence-corrected chi connectivity index (χ4v) is 3.74. The number of hydrogen-bond donors (Lipinski definition) is 0. The molecule has 0 saturated carbocycles. The topological polar surface area (TPSA) is 41.7 Å². The number of rotatable bonds is 8. The Bertz CT molecular complexity index is 894. The minimum atomic E-state index is 0.699. The fraction of sp³-hybridized carbons (Fsp3) is 0.348. The van der Waals surface area contributed by atoms with Gasteiger partial charge in [0.25, 0.3) is 0 Å². The van der Waals surface area contributed by atoms with E-state index in [2.05, 4.69) is 33.0 Å². The molecule has 3 heterocycles. The molecular weight excluding hydrogens is 386 g/mol. The molecule has 0 atom stereocenters. The van der Waals surface area contributed by atoms with Crippen LogP contribution in [0.2, 0.25) is 5.02 Å². The van der Waals surface area contributed by atoms with Crippen molar-refractivity contribution >= 4 is 11.6 Å². The van der Waals surface area contributed by atoms with Crippen LogP contribution in [0.5, 0.6) is 0 Å². The molecule has 0 aliphatic carbocycles. The van der Waals surface area contributed by atoms with Crippen LogP contribution < -0.4 is 0 Å². The molecule has 152 valence electrons. The van der Waals surface area contributed by atoms with Crippen molar-refractivity contribution in [1.29, 1.82) is 0 Å². The average molecular weight is 412 g/mol. The molecule has 6 heteroatoms. The predicted molar refractivity (Wildman–Crippen MR) is 113 cm³/mol. The van der Waals surface area contributed by atoms with Crippen LogP contribution in [0.4, 0.5) is 0 Å². The van der Waals surface area contributed by atoms with Crippen LogP contribution >= 0.6 is 11.6 Å². The van der Waals surface area contributed by atoms with Crippen LogP contribution in [0.15, 0.2) is 65.2 Å². The standard InChI is InChI=1S/C23H26ClN3O2/c24-23-7-2-1-5-19(23)15-27(16-20-6-3-4-10-25-20)18-22-9-8-21(29-22)17-26-11-13-28-14-12-26/h1-10H,11-18H2. The van der Waals surface area contributed by atoms with Crippen LogP contribution in [0.3, 0.4) is 0 Å². The van der Waals surface area contributed by atoms with Crippen molar-refractivity contribution in [3.8, 4) is 0 Å². The number of furan rings is 1. The monoisotopic (exact) mass is 411 g/mol. The Morgan fingerprint density at radius 3 is 2.48 bits per heavy atom. The maximum Gasteiger partial charge on any atom is 0.118 e. The minimum Gasteiger partial charge on any atom is -0.463 e. The van der Waals surface area contributed by atoms with Gasteiger partial charge in [-0.3, -0.25) is 14.8 Å². The number of pyridine rings is 1. The van der Waals surface area contributed by atoms with Crippen LogP contribution in [-0.2, 0) is 30.9 Å². The number of morpholine rings is 1. The van der Waals surface area contributed by atoms with E-state index in [4.69, 9.17) is 20.8 Å². The first kappa shape index (κ1) is 20.1. The van der Waals surface area contributed by atoms with Crippen molar-refractivity contribution in [3.05, 3.63) is 88.6 Å². The molecule has 1 aliphatic heterocycles. The SMILES string of the molecule is Clc1ccccc1CN(Cc1ccccn1)Cc1ccc(CN2CCOCC2)o1. The van der Waals surface area contributed by atoms with Crippen molar-refractivity contribution < 1.29 is 9.15 Å². The summed E-state index contributed by atoms with van der Waals surface area (Å²) in [5, 5.41) is 0.783. The maximum atomic E-state index is 6.41. The van der Waals surface area contributed by atoms with E-state index in [1.165, 1.54) is 0 Å². The highest BCUT2D eigenvalue weighted by Crippen LogP contribution is 2.21. The highest BCUT2D eigenvalue weighted by Gasteiger charge is 2.16. The summed E-state index contributed by atoms with van der Waals surface area (Å²) in [7, 11) is 0. The van der Waals surface area contributed by atoms with Crippen LogP contribution in [0, 0.1) is 0 Å². The van der Waals surface area contributed by atoms with Gasteiger partial charge in [-0.15, -0.1) is 0 Å². The van der Waals surface area contributed by atoms with Gasteiger partial charge in [0.2, 0.25) is 0 Å². The van der Waals surface area contributed by atoms with Gasteiger partial charge in [-0.25, -0.2) is 0 Å². The zero-order valence-electron chi connectivity index (χ0n) is 16.5. The summed E-state index contributed by atoms with van der Waals surface area (Å²) in [5.41, 5.74) is 2.13. The summed E-state index contributed by atoms with van der Waals surface area (Å²) in [4.78, 5) is 9.15. The molecule has 5 nitrogen and oxygen atoms in total. The molecule has 0 amide bonds. The van der Waals surface area contributed by atoms with Gasteiger partial charge in [0.15, 0.2) is 0 Å². The number of nitrogens with zero attached hydrogens (tertiary/aromatic N) is 3. The van der Waals surface area contributed by atoms with Gasteiger partial charge in [0.1, 0.15) is 11.5 Å². The molecule has 4 rings (SSSR count). The molecule has 0 spiro atoms. The molecule has 1 aromatic carbocycles. The summed E-state index contributed by atoms with van der Waals surface area (Å²) in [6.07, 6.45) is 1.83. The van der Waals surface area contributed by atoms with E-state index in [1.807, 2.05) is 42.6 Å². The number of benzene rings is 1.